The highest BCUT2D eigenvalue weighted by Gasteiger charge is 2.18. The number of halogens is 1. The van der Waals surface area contributed by atoms with Crippen LogP contribution in [0.25, 0.3) is 11.3 Å². The van der Waals surface area contributed by atoms with E-state index in [0.29, 0.717) is 5.92 Å². The fraction of sp³-hybridized carbons (Fsp3) is 0.357. The molecule has 0 saturated carbocycles. The van der Waals surface area contributed by atoms with Crippen molar-refractivity contribution in [1.82, 2.24) is 15.3 Å². The number of nitrogens with zero attached hydrogens (tertiary/aromatic N) is 1. The molecule has 3 nitrogen and oxygen atoms in total. The first-order valence-corrected chi connectivity index (χ1v) is 6.34. The Kier molecular flexibility index (Phi) is 3.11. The maximum atomic E-state index is 13.2. The van der Waals surface area contributed by atoms with E-state index in [-0.39, 0.29) is 5.82 Å². The summed E-state index contributed by atoms with van der Waals surface area (Å²) in [6, 6.07) is 6.58. The molecule has 0 aliphatic carbocycles. The lowest BCUT2D eigenvalue weighted by Crippen LogP contribution is -2.28. The molecule has 1 saturated heterocycles. The van der Waals surface area contributed by atoms with Gasteiger partial charge < -0.3 is 10.3 Å². The second-order valence-corrected chi connectivity index (χ2v) is 4.74. The minimum Gasteiger partial charge on any atom is -0.342 e. The fourth-order valence-corrected chi connectivity index (χ4v) is 2.43. The lowest BCUT2D eigenvalue weighted by atomic mass is 9.99. The molecule has 1 fully saturated rings. The van der Waals surface area contributed by atoms with Crippen LogP contribution < -0.4 is 5.32 Å². The van der Waals surface area contributed by atoms with Gasteiger partial charge in [-0.2, -0.15) is 0 Å². The molecule has 1 unspecified atom stereocenters. The van der Waals surface area contributed by atoms with Crippen LogP contribution in [0.5, 0.6) is 0 Å². The van der Waals surface area contributed by atoms with E-state index in [0.717, 1.165) is 36.6 Å². The molecule has 2 aromatic rings. The SMILES string of the molecule is Fc1cccc(-c2cnc(C3CCCNC3)[nH]2)c1. The van der Waals surface area contributed by atoms with Gasteiger partial charge in [0.15, 0.2) is 0 Å². The summed E-state index contributed by atoms with van der Waals surface area (Å²) in [5.74, 6) is 1.23. The Labute approximate surface area is 105 Å². The van der Waals surface area contributed by atoms with E-state index >= 15 is 0 Å². The summed E-state index contributed by atoms with van der Waals surface area (Å²) in [6.07, 6.45) is 4.13. The van der Waals surface area contributed by atoms with Gasteiger partial charge in [0, 0.05) is 18.0 Å². The molecule has 4 heteroatoms. The van der Waals surface area contributed by atoms with Crippen LogP contribution in [-0.2, 0) is 0 Å². The van der Waals surface area contributed by atoms with Gasteiger partial charge in [0.2, 0.25) is 0 Å². The Hall–Kier alpha value is -1.68. The van der Waals surface area contributed by atoms with Crippen molar-refractivity contribution in [2.24, 2.45) is 0 Å². The summed E-state index contributed by atoms with van der Waals surface area (Å²) in [7, 11) is 0. The van der Waals surface area contributed by atoms with Gasteiger partial charge >= 0.3 is 0 Å². The van der Waals surface area contributed by atoms with E-state index in [1.807, 2.05) is 6.07 Å². The molecule has 1 aliphatic rings. The third-order valence-electron chi connectivity index (χ3n) is 3.41. The van der Waals surface area contributed by atoms with Crippen LogP contribution in [0.4, 0.5) is 4.39 Å². The number of imidazole rings is 1. The summed E-state index contributed by atoms with van der Waals surface area (Å²) >= 11 is 0. The van der Waals surface area contributed by atoms with Crippen LogP contribution in [0.1, 0.15) is 24.6 Å². The van der Waals surface area contributed by atoms with Gasteiger partial charge in [0.05, 0.1) is 11.9 Å². The van der Waals surface area contributed by atoms with Gasteiger partial charge in [-0.25, -0.2) is 9.37 Å². The minimum absolute atomic E-state index is 0.219. The highest BCUT2D eigenvalue weighted by Crippen LogP contribution is 2.24. The first-order valence-electron chi connectivity index (χ1n) is 6.34. The van der Waals surface area contributed by atoms with Crippen molar-refractivity contribution in [1.29, 1.82) is 0 Å². The Morgan fingerprint density at radius 1 is 1.33 bits per heavy atom. The third-order valence-corrected chi connectivity index (χ3v) is 3.41. The van der Waals surface area contributed by atoms with Crippen LogP contribution in [0, 0.1) is 5.82 Å². The van der Waals surface area contributed by atoms with Crippen LogP contribution >= 0.6 is 0 Å². The smallest absolute Gasteiger partial charge is 0.123 e. The van der Waals surface area contributed by atoms with Crippen molar-refractivity contribution >= 4 is 0 Å². The van der Waals surface area contributed by atoms with E-state index in [9.17, 15) is 4.39 Å². The standard InChI is InChI=1S/C14H16FN3/c15-12-5-1-3-10(7-12)13-9-17-14(18-13)11-4-2-6-16-8-11/h1,3,5,7,9,11,16H,2,4,6,8H2,(H,17,18). The van der Waals surface area contributed by atoms with Gasteiger partial charge in [-0.3, -0.25) is 0 Å². The van der Waals surface area contributed by atoms with Crippen LogP contribution in [-0.4, -0.2) is 23.1 Å². The average molecular weight is 245 g/mol. The molecule has 0 bridgehead atoms. The molecule has 1 aliphatic heterocycles. The van der Waals surface area contributed by atoms with Crippen molar-refractivity contribution < 1.29 is 4.39 Å². The van der Waals surface area contributed by atoms with E-state index < -0.39 is 0 Å². The Balaban J connectivity index is 1.84. The summed E-state index contributed by atoms with van der Waals surface area (Å²) in [5, 5.41) is 3.37. The van der Waals surface area contributed by atoms with E-state index in [1.165, 1.54) is 18.6 Å². The zero-order chi connectivity index (χ0) is 12.4. The molecular weight excluding hydrogens is 229 g/mol. The molecule has 3 rings (SSSR count). The van der Waals surface area contributed by atoms with Crippen LogP contribution in [0.15, 0.2) is 30.5 Å². The molecule has 0 radical (unpaired) electrons. The molecular formula is C14H16FN3. The average Bonchev–Trinajstić information content (AvgIpc) is 2.89. The second kappa shape index (κ2) is 4.90. The van der Waals surface area contributed by atoms with Gasteiger partial charge in [-0.15, -0.1) is 0 Å². The Bertz CT molecular complexity index is 529. The van der Waals surface area contributed by atoms with E-state index in [2.05, 4.69) is 15.3 Å². The maximum absolute atomic E-state index is 13.2. The Morgan fingerprint density at radius 3 is 3.06 bits per heavy atom. The molecule has 2 N–H and O–H groups in total. The largest absolute Gasteiger partial charge is 0.342 e. The monoisotopic (exact) mass is 245 g/mol. The molecule has 0 spiro atoms. The summed E-state index contributed by atoms with van der Waals surface area (Å²) in [4.78, 5) is 7.74. The number of aromatic amines is 1. The quantitative estimate of drug-likeness (QED) is 0.854. The first kappa shape index (κ1) is 11.4. The number of nitrogens with one attached hydrogen (secondary N) is 2. The zero-order valence-corrected chi connectivity index (χ0v) is 10.1. The topological polar surface area (TPSA) is 40.7 Å². The number of aromatic nitrogens is 2. The number of hydrogen-bond donors (Lipinski definition) is 2. The van der Waals surface area contributed by atoms with Crippen molar-refractivity contribution in [2.45, 2.75) is 18.8 Å². The van der Waals surface area contributed by atoms with Crippen molar-refractivity contribution in [3.8, 4) is 11.3 Å². The highest BCUT2D eigenvalue weighted by molar-refractivity contribution is 5.58. The normalized spacial score (nSPS) is 19.9. The Morgan fingerprint density at radius 2 is 2.28 bits per heavy atom. The highest BCUT2D eigenvalue weighted by atomic mass is 19.1. The minimum atomic E-state index is -0.219. The van der Waals surface area contributed by atoms with Crippen molar-refractivity contribution in [3.05, 3.63) is 42.1 Å². The molecule has 18 heavy (non-hydrogen) atoms. The summed E-state index contributed by atoms with van der Waals surface area (Å²) < 4.78 is 13.2. The predicted octanol–water partition coefficient (Wildman–Crippen LogP) is 2.68. The van der Waals surface area contributed by atoms with Crippen molar-refractivity contribution in [3.63, 3.8) is 0 Å². The molecule has 1 atom stereocenters. The number of piperidine rings is 1. The van der Waals surface area contributed by atoms with Gasteiger partial charge in [-0.05, 0) is 31.5 Å². The third kappa shape index (κ3) is 2.29. The van der Waals surface area contributed by atoms with E-state index in [4.69, 9.17) is 0 Å². The summed E-state index contributed by atoms with van der Waals surface area (Å²) in [5.41, 5.74) is 1.73. The first-order chi connectivity index (χ1) is 8.83. The molecule has 1 aromatic carbocycles. The molecule has 0 amide bonds. The lowest BCUT2D eigenvalue weighted by molar-refractivity contribution is 0.449. The maximum Gasteiger partial charge on any atom is 0.123 e. The van der Waals surface area contributed by atoms with Gasteiger partial charge in [0.1, 0.15) is 11.6 Å². The fourth-order valence-electron chi connectivity index (χ4n) is 2.43. The second-order valence-electron chi connectivity index (χ2n) is 4.74. The zero-order valence-electron chi connectivity index (χ0n) is 10.1. The summed E-state index contributed by atoms with van der Waals surface area (Å²) in [6.45, 7) is 2.06. The molecule has 94 valence electrons. The predicted molar refractivity (Wildman–Crippen MR) is 68.8 cm³/mol. The number of rotatable bonds is 2. The van der Waals surface area contributed by atoms with Crippen LogP contribution in [0.3, 0.4) is 0 Å². The van der Waals surface area contributed by atoms with E-state index in [1.54, 1.807) is 12.3 Å². The van der Waals surface area contributed by atoms with Crippen molar-refractivity contribution in [2.75, 3.05) is 13.1 Å². The molecule has 1 aromatic heterocycles. The lowest BCUT2D eigenvalue weighted by Gasteiger charge is -2.20. The van der Waals surface area contributed by atoms with Crippen LogP contribution in [0.2, 0.25) is 0 Å². The van der Waals surface area contributed by atoms with Gasteiger partial charge in [0.25, 0.3) is 0 Å². The number of hydrogen-bond acceptors (Lipinski definition) is 2. The molecule has 2 heterocycles. The number of H-pyrrole nitrogens is 1. The number of benzene rings is 1. The van der Waals surface area contributed by atoms with Gasteiger partial charge in [-0.1, -0.05) is 12.1 Å².